The molecule has 1 rings (SSSR count). The van der Waals surface area contributed by atoms with E-state index in [1.165, 1.54) is 45.4 Å². The number of hydrogen-bond donors (Lipinski definition) is 1. The van der Waals surface area contributed by atoms with Crippen LogP contribution in [0.1, 0.15) is 60.8 Å². The van der Waals surface area contributed by atoms with Gasteiger partial charge in [-0.15, -0.1) is 0 Å². The van der Waals surface area contributed by atoms with Crippen LogP contribution in [-0.2, 0) is 0 Å². The van der Waals surface area contributed by atoms with Crippen molar-refractivity contribution in [2.75, 3.05) is 26.2 Å². The van der Waals surface area contributed by atoms with Gasteiger partial charge in [-0.3, -0.25) is 4.90 Å². The first-order chi connectivity index (χ1) is 8.95. The summed E-state index contributed by atoms with van der Waals surface area (Å²) >= 11 is 0. The molecule has 0 spiro atoms. The second-order valence-corrected chi connectivity index (χ2v) is 7.24. The second-order valence-electron chi connectivity index (χ2n) is 7.24. The van der Waals surface area contributed by atoms with Crippen molar-refractivity contribution in [2.45, 2.75) is 66.8 Å². The van der Waals surface area contributed by atoms with Crippen LogP contribution in [0.3, 0.4) is 0 Å². The maximum absolute atomic E-state index is 3.60. The van der Waals surface area contributed by atoms with Gasteiger partial charge in [0.15, 0.2) is 0 Å². The summed E-state index contributed by atoms with van der Waals surface area (Å²) in [6.07, 6.45) is 3.91. The molecule has 2 nitrogen and oxygen atoms in total. The Morgan fingerprint density at radius 2 is 1.74 bits per heavy atom. The zero-order valence-electron chi connectivity index (χ0n) is 14.1. The highest BCUT2D eigenvalue weighted by atomic mass is 15.2. The van der Waals surface area contributed by atoms with Gasteiger partial charge in [0.05, 0.1) is 0 Å². The lowest BCUT2D eigenvalue weighted by molar-refractivity contribution is 0.0716. The molecule has 0 aromatic rings. The zero-order chi connectivity index (χ0) is 14.5. The Balaban J connectivity index is 2.79. The molecule has 1 heterocycles. The lowest BCUT2D eigenvalue weighted by atomic mass is 9.75. The Labute approximate surface area is 121 Å². The monoisotopic (exact) mass is 268 g/mol. The average molecular weight is 268 g/mol. The Bertz CT molecular complexity index is 238. The van der Waals surface area contributed by atoms with E-state index in [9.17, 15) is 0 Å². The highest BCUT2D eigenvalue weighted by Crippen LogP contribution is 2.36. The second kappa shape index (κ2) is 7.64. The van der Waals surface area contributed by atoms with E-state index in [1.807, 2.05) is 0 Å². The van der Waals surface area contributed by atoms with Gasteiger partial charge in [0.2, 0.25) is 0 Å². The van der Waals surface area contributed by atoms with E-state index >= 15 is 0 Å². The van der Waals surface area contributed by atoms with Crippen LogP contribution in [0.2, 0.25) is 0 Å². The molecule has 1 N–H and O–H groups in total. The van der Waals surface area contributed by atoms with Gasteiger partial charge in [-0.25, -0.2) is 0 Å². The molecule has 1 aliphatic rings. The fourth-order valence-electron chi connectivity index (χ4n) is 3.59. The van der Waals surface area contributed by atoms with E-state index < -0.39 is 0 Å². The molecule has 114 valence electrons. The largest absolute Gasteiger partial charge is 0.316 e. The first kappa shape index (κ1) is 17.0. The van der Waals surface area contributed by atoms with Gasteiger partial charge in [0.1, 0.15) is 0 Å². The molecule has 0 aromatic heterocycles. The van der Waals surface area contributed by atoms with Crippen molar-refractivity contribution in [3.63, 3.8) is 0 Å². The molecule has 0 aliphatic carbocycles. The van der Waals surface area contributed by atoms with Crippen molar-refractivity contribution in [3.8, 4) is 0 Å². The molecule has 1 aliphatic heterocycles. The number of nitrogens with zero attached hydrogens (tertiary/aromatic N) is 1. The summed E-state index contributed by atoms with van der Waals surface area (Å²) in [5.74, 6) is 1.53. The third-order valence-corrected chi connectivity index (χ3v) is 5.08. The molecule has 1 saturated heterocycles. The number of nitrogens with one attached hydrogen (secondary N) is 1. The number of hydrogen-bond acceptors (Lipinski definition) is 2. The SMILES string of the molecule is CCC(CC)N(CC(C)C)CC1(C(C)C)CCNC1. The molecule has 2 heteroatoms. The predicted molar refractivity (Wildman–Crippen MR) is 85.5 cm³/mol. The minimum atomic E-state index is 0.498. The van der Waals surface area contributed by atoms with Gasteiger partial charge < -0.3 is 5.32 Å². The predicted octanol–water partition coefficient (Wildman–Crippen LogP) is 3.77. The third kappa shape index (κ3) is 4.46. The van der Waals surface area contributed by atoms with Crippen LogP contribution in [0.25, 0.3) is 0 Å². The highest BCUT2D eigenvalue weighted by Gasteiger charge is 2.39. The quantitative estimate of drug-likeness (QED) is 0.721. The van der Waals surface area contributed by atoms with E-state index in [2.05, 4.69) is 51.8 Å². The topological polar surface area (TPSA) is 15.3 Å². The fourth-order valence-corrected chi connectivity index (χ4v) is 3.59. The van der Waals surface area contributed by atoms with E-state index in [-0.39, 0.29) is 0 Å². The average Bonchev–Trinajstić information content (AvgIpc) is 2.79. The first-order valence-electron chi connectivity index (χ1n) is 8.40. The molecule has 0 amide bonds. The number of rotatable bonds is 8. The summed E-state index contributed by atoms with van der Waals surface area (Å²) < 4.78 is 0. The molecule has 19 heavy (non-hydrogen) atoms. The standard InChI is InChI=1S/C17H36N2/c1-7-16(8-2)19(11-14(3)4)13-17(15(5)6)9-10-18-12-17/h14-16,18H,7-13H2,1-6H3. The minimum absolute atomic E-state index is 0.498. The summed E-state index contributed by atoms with van der Waals surface area (Å²) in [6, 6.07) is 0.763. The molecule has 1 unspecified atom stereocenters. The highest BCUT2D eigenvalue weighted by molar-refractivity contribution is 4.93. The third-order valence-electron chi connectivity index (χ3n) is 5.08. The lowest BCUT2D eigenvalue weighted by Gasteiger charge is -2.42. The van der Waals surface area contributed by atoms with E-state index in [4.69, 9.17) is 0 Å². The smallest absolute Gasteiger partial charge is 0.00903 e. The Hall–Kier alpha value is -0.0800. The van der Waals surface area contributed by atoms with Crippen LogP contribution in [0, 0.1) is 17.3 Å². The van der Waals surface area contributed by atoms with Crippen LogP contribution in [0.5, 0.6) is 0 Å². The molecular formula is C17H36N2. The van der Waals surface area contributed by atoms with Crippen molar-refractivity contribution >= 4 is 0 Å². The van der Waals surface area contributed by atoms with Crippen LogP contribution in [0.4, 0.5) is 0 Å². The van der Waals surface area contributed by atoms with Gasteiger partial charge in [-0.1, -0.05) is 41.5 Å². The molecular weight excluding hydrogens is 232 g/mol. The summed E-state index contributed by atoms with van der Waals surface area (Å²) in [5.41, 5.74) is 0.498. The maximum Gasteiger partial charge on any atom is 0.00903 e. The fraction of sp³-hybridized carbons (Fsp3) is 1.00. The van der Waals surface area contributed by atoms with Crippen LogP contribution in [0.15, 0.2) is 0 Å². The first-order valence-corrected chi connectivity index (χ1v) is 8.40. The molecule has 1 atom stereocenters. The lowest BCUT2D eigenvalue weighted by Crippen LogP contribution is -2.48. The molecule has 0 saturated carbocycles. The van der Waals surface area contributed by atoms with Crippen molar-refractivity contribution in [1.29, 1.82) is 0 Å². The molecule has 1 fully saturated rings. The Kier molecular flexibility index (Phi) is 6.82. The van der Waals surface area contributed by atoms with Gasteiger partial charge in [0.25, 0.3) is 0 Å². The van der Waals surface area contributed by atoms with E-state index in [1.54, 1.807) is 0 Å². The van der Waals surface area contributed by atoms with Crippen molar-refractivity contribution in [2.24, 2.45) is 17.3 Å². The van der Waals surface area contributed by atoms with Crippen LogP contribution >= 0.6 is 0 Å². The Morgan fingerprint density at radius 3 is 2.11 bits per heavy atom. The van der Waals surface area contributed by atoms with Crippen molar-refractivity contribution in [3.05, 3.63) is 0 Å². The molecule has 0 bridgehead atoms. The zero-order valence-corrected chi connectivity index (χ0v) is 14.1. The van der Waals surface area contributed by atoms with Gasteiger partial charge >= 0.3 is 0 Å². The Morgan fingerprint density at radius 1 is 1.11 bits per heavy atom. The molecule has 0 aromatic carbocycles. The van der Waals surface area contributed by atoms with Crippen molar-refractivity contribution < 1.29 is 0 Å². The molecule has 0 radical (unpaired) electrons. The normalized spacial score (nSPS) is 24.3. The van der Waals surface area contributed by atoms with Gasteiger partial charge in [-0.2, -0.15) is 0 Å². The van der Waals surface area contributed by atoms with E-state index in [0.29, 0.717) is 5.41 Å². The van der Waals surface area contributed by atoms with E-state index in [0.717, 1.165) is 17.9 Å². The summed E-state index contributed by atoms with van der Waals surface area (Å²) in [6.45, 7) is 19.2. The summed E-state index contributed by atoms with van der Waals surface area (Å²) in [7, 11) is 0. The minimum Gasteiger partial charge on any atom is -0.316 e. The maximum atomic E-state index is 3.60. The van der Waals surface area contributed by atoms with Crippen LogP contribution in [-0.4, -0.2) is 37.1 Å². The summed E-state index contributed by atoms with van der Waals surface area (Å²) in [5, 5.41) is 3.60. The van der Waals surface area contributed by atoms with Gasteiger partial charge in [-0.05, 0) is 43.1 Å². The van der Waals surface area contributed by atoms with Crippen molar-refractivity contribution in [1.82, 2.24) is 10.2 Å². The van der Waals surface area contributed by atoms with Gasteiger partial charge in [0, 0.05) is 25.7 Å². The summed E-state index contributed by atoms with van der Waals surface area (Å²) in [4.78, 5) is 2.79. The van der Waals surface area contributed by atoms with Crippen LogP contribution < -0.4 is 5.32 Å².